The summed E-state index contributed by atoms with van der Waals surface area (Å²) in [5, 5.41) is 16.5. The molecule has 0 spiro atoms. The highest BCUT2D eigenvalue weighted by Crippen LogP contribution is 2.52. The topological polar surface area (TPSA) is 94.0 Å². The molecule has 29 heavy (non-hydrogen) atoms. The van der Waals surface area contributed by atoms with Crippen LogP contribution in [0, 0.1) is 23.7 Å². The number of aliphatic hydroxyl groups excluding tert-OH is 1. The van der Waals surface area contributed by atoms with Crippen LogP contribution in [0.2, 0.25) is 4.34 Å². The summed E-state index contributed by atoms with van der Waals surface area (Å²) in [6.45, 7) is 3.52. The molecule has 1 aromatic rings. The van der Waals surface area contributed by atoms with Crippen molar-refractivity contribution in [3.8, 4) is 0 Å². The molecule has 5 unspecified atom stereocenters. The Morgan fingerprint density at radius 2 is 1.97 bits per heavy atom. The van der Waals surface area contributed by atoms with Crippen molar-refractivity contribution < 1.29 is 14.7 Å². The Balaban J connectivity index is 1.31. The molecule has 0 aromatic carbocycles. The summed E-state index contributed by atoms with van der Waals surface area (Å²) in [5.74, 6) is 0.599. The molecule has 1 saturated carbocycles. The van der Waals surface area contributed by atoms with Crippen molar-refractivity contribution in [3.05, 3.63) is 33.5 Å². The smallest absolute Gasteiger partial charge is 0.233 e. The third kappa shape index (κ3) is 3.93. The second-order valence-electron chi connectivity index (χ2n) is 7.63. The summed E-state index contributed by atoms with van der Waals surface area (Å²) in [6, 6.07) is 3.54. The van der Waals surface area contributed by atoms with E-state index in [1.807, 2.05) is 6.92 Å². The Labute approximate surface area is 178 Å². The zero-order chi connectivity index (χ0) is 20.5. The minimum absolute atomic E-state index is 0.0365. The highest BCUT2D eigenvalue weighted by atomic mass is 35.5. The van der Waals surface area contributed by atoms with E-state index in [4.69, 9.17) is 11.6 Å². The van der Waals surface area contributed by atoms with Crippen LogP contribution < -0.4 is 10.6 Å². The zero-order valence-electron chi connectivity index (χ0n) is 16.2. The van der Waals surface area contributed by atoms with Crippen LogP contribution in [0.4, 0.5) is 0 Å². The summed E-state index contributed by atoms with van der Waals surface area (Å²) in [5.41, 5.74) is 0. The van der Waals surface area contributed by atoms with Crippen molar-refractivity contribution in [3.63, 3.8) is 0 Å². The largest absolute Gasteiger partial charge is 0.386 e. The molecule has 2 bridgehead atoms. The molecule has 1 aromatic heterocycles. The number of nitrogens with zero attached hydrogens (tertiary/aromatic N) is 2. The van der Waals surface area contributed by atoms with Gasteiger partial charge >= 0.3 is 0 Å². The summed E-state index contributed by atoms with van der Waals surface area (Å²) in [6.07, 6.45) is 4.40. The molecule has 4 rings (SSSR count). The summed E-state index contributed by atoms with van der Waals surface area (Å²) in [7, 11) is 0. The fraction of sp³-hybridized carbons (Fsp3) is 0.550. The van der Waals surface area contributed by atoms with E-state index in [0.29, 0.717) is 29.9 Å². The monoisotopic (exact) mass is 436 g/mol. The van der Waals surface area contributed by atoms with E-state index >= 15 is 0 Å². The van der Waals surface area contributed by atoms with Crippen molar-refractivity contribution in [1.29, 1.82) is 0 Å². The molecule has 2 fully saturated rings. The van der Waals surface area contributed by atoms with E-state index in [1.54, 1.807) is 12.1 Å². The van der Waals surface area contributed by atoms with Crippen molar-refractivity contribution in [2.75, 3.05) is 26.2 Å². The number of hydrogen-bond donors (Lipinski definition) is 3. The van der Waals surface area contributed by atoms with Crippen LogP contribution in [-0.4, -0.2) is 54.0 Å². The van der Waals surface area contributed by atoms with Gasteiger partial charge < -0.3 is 15.7 Å². The minimum Gasteiger partial charge on any atom is -0.386 e. The Morgan fingerprint density at radius 1 is 1.28 bits per heavy atom. The van der Waals surface area contributed by atoms with E-state index in [9.17, 15) is 14.7 Å². The molecular formula is C20H25ClN4O3S. The molecule has 3 aliphatic rings. The van der Waals surface area contributed by atoms with Crippen molar-refractivity contribution in [2.45, 2.75) is 19.4 Å². The van der Waals surface area contributed by atoms with E-state index < -0.39 is 6.10 Å². The summed E-state index contributed by atoms with van der Waals surface area (Å²) >= 11 is 7.24. The van der Waals surface area contributed by atoms with Gasteiger partial charge in [-0.1, -0.05) is 23.8 Å². The second-order valence-corrected chi connectivity index (χ2v) is 9.38. The van der Waals surface area contributed by atoms with Crippen LogP contribution in [0.5, 0.6) is 0 Å². The number of carbonyl (C=O) groups excluding carboxylic acids is 2. The number of likely N-dealkylation sites (tertiary alicyclic amines) is 1. The molecular weight excluding hydrogens is 412 g/mol. The van der Waals surface area contributed by atoms with Crippen LogP contribution in [0.1, 0.15) is 24.3 Å². The average molecular weight is 437 g/mol. The first-order valence-corrected chi connectivity index (χ1v) is 11.2. The molecule has 9 heteroatoms. The van der Waals surface area contributed by atoms with Gasteiger partial charge in [0.1, 0.15) is 6.10 Å². The first-order valence-electron chi connectivity index (χ1n) is 9.98. The van der Waals surface area contributed by atoms with Crippen LogP contribution in [-0.2, 0) is 9.59 Å². The Kier molecular flexibility index (Phi) is 5.94. The maximum Gasteiger partial charge on any atom is 0.233 e. The van der Waals surface area contributed by atoms with Crippen LogP contribution >= 0.6 is 22.9 Å². The molecule has 2 heterocycles. The van der Waals surface area contributed by atoms with Gasteiger partial charge in [0.15, 0.2) is 5.96 Å². The van der Waals surface area contributed by atoms with Crippen LogP contribution in [0.15, 0.2) is 29.3 Å². The number of nitrogens with one attached hydrogen (secondary N) is 2. The predicted octanol–water partition coefficient (Wildman–Crippen LogP) is 1.80. The lowest BCUT2D eigenvalue weighted by atomic mass is 9.85. The Morgan fingerprint density at radius 3 is 2.55 bits per heavy atom. The van der Waals surface area contributed by atoms with Crippen molar-refractivity contribution >= 4 is 40.7 Å². The molecule has 1 saturated heterocycles. The van der Waals surface area contributed by atoms with Gasteiger partial charge in [0, 0.05) is 24.5 Å². The number of aliphatic hydroxyl groups is 1. The number of amides is 2. The molecule has 3 N–H and O–H groups in total. The maximum absolute atomic E-state index is 12.7. The van der Waals surface area contributed by atoms with Gasteiger partial charge in [-0.05, 0) is 37.3 Å². The normalized spacial score (nSPS) is 28.9. The quantitative estimate of drug-likeness (QED) is 0.262. The van der Waals surface area contributed by atoms with Crippen LogP contribution in [0.25, 0.3) is 0 Å². The van der Waals surface area contributed by atoms with Gasteiger partial charge in [0.2, 0.25) is 11.8 Å². The average Bonchev–Trinajstić information content (AvgIpc) is 3.46. The molecule has 7 nitrogen and oxygen atoms in total. The number of hydrogen-bond acceptors (Lipinski definition) is 5. The minimum atomic E-state index is -0.730. The fourth-order valence-corrected chi connectivity index (χ4v) is 5.63. The standard InChI is InChI=1S/C20H25ClN4O3S/c1-2-22-20(24-10-13(26)14-5-6-15(21)29-14)23-7-8-25-18(27)16-11-3-4-12(9-11)17(16)19(25)28/h3-6,11-13,16-17,26H,2,7-10H2,1H3,(H2,22,23,24). The van der Waals surface area contributed by atoms with Crippen molar-refractivity contribution in [2.24, 2.45) is 28.7 Å². The van der Waals surface area contributed by atoms with Gasteiger partial charge in [-0.2, -0.15) is 0 Å². The predicted molar refractivity (Wildman–Crippen MR) is 113 cm³/mol. The molecule has 156 valence electrons. The molecule has 0 radical (unpaired) electrons. The summed E-state index contributed by atoms with van der Waals surface area (Å²) in [4.78, 5) is 32.0. The van der Waals surface area contributed by atoms with E-state index in [0.717, 1.165) is 11.3 Å². The fourth-order valence-electron chi connectivity index (χ4n) is 4.59. The number of imide groups is 1. The second kappa shape index (κ2) is 8.45. The molecule has 5 atom stereocenters. The first-order chi connectivity index (χ1) is 14.0. The Hall–Kier alpha value is -1.90. The third-order valence-corrected chi connectivity index (χ3v) is 7.21. The third-order valence-electron chi connectivity index (χ3n) is 5.88. The zero-order valence-corrected chi connectivity index (χ0v) is 17.7. The SMILES string of the molecule is CCNC(=NCC(O)c1ccc(Cl)s1)NCCN1C(=O)C2C3C=CC(C3)C2C1=O. The number of guanidine groups is 1. The van der Waals surface area contributed by atoms with Gasteiger partial charge in [0.05, 0.1) is 22.7 Å². The lowest BCUT2D eigenvalue weighted by Gasteiger charge is -2.18. The molecule has 1 aliphatic heterocycles. The lowest BCUT2D eigenvalue weighted by Crippen LogP contribution is -2.43. The van der Waals surface area contributed by atoms with Gasteiger partial charge in [-0.3, -0.25) is 19.5 Å². The van der Waals surface area contributed by atoms with Gasteiger partial charge in [-0.15, -0.1) is 11.3 Å². The van der Waals surface area contributed by atoms with Gasteiger partial charge in [0.25, 0.3) is 0 Å². The number of aliphatic imine (C=N–C) groups is 1. The maximum atomic E-state index is 12.7. The number of allylic oxidation sites excluding steroid dienone is 2. The highest BCUT2D eigenvalue weighted by Gasteiger charge is 2.58. The summed E-state index contributed by atoms with van der Waals surface area (Å²) < 4.78 is 0.626. The molecule has 2 aliphatic carbocycles. The number of thiophene rings is 1. The van der Waals surface area contributed by atoms with E-state index in [-0.39, 0.29) is 42.0 Å². The van der Waals surface area contributed by atoms with Crippen LogP contribution in [0.3, 0.4) is 0 Å². The Bertz CT molecular complexity index is 825. The highest BCUT2D eigenvalue weighted by molar-refractivity contribution is 7.16. The number of fused-ring (bicyclic) bond motifs is 5. The molecule has 2 amide bonds. The first kappa shape index (κ1) is 20.4. The van der Waals surface area contributed by atoms with E-state index in [2.05, 4.69) is 27.8 Å². The number of rotatable bonds is 7. The van der Waals surface area contributed by atoms with E-state index in [1.165, 1.54) is 16.2 Å². The number of carbonyl (C=O) groups is 2. The van der Waals surface area contributed by atoms with Gasteiger partial charge in [-0.25, -0.2) is 0 Å². The lowest BCUT2D eigenvalue weighted by molar-refractivity contribution is -0.140. The number of halogens is 1. The van der Waals surface area contributed by atoms with Crippen molar-refractivity contribution in [1.82, 2.24) is 15.5 Å².